The van der Waals surface area contributed by atoms with E-state index in [4.69, 9.17) is 0 Å². The van der Waals surface area contributed by atoms with Crippen LogP contribution >= 0.6 is 0 Å². The minimum atomic E-state index is -0.173. The van der Waals surface area contributed by atoms with Crippen molar-refractivity contribution in [2.45, 2.75) is 19.3 Å². The van der Waals surface area contributed by atoms with Gasteiger partial charge in [0.2, 0.25) is 18.2 Å². The van der Waals surface area contributed by atoms with Gasteiger partial charge in [-0.05, 0) is 24.8 Å². The Morgan fingerprint density at radius 3 is 2.48 bits per heavy atom. The molecule has 0 aromatic heterocycles. The zero-order chi connectivity index (χ0) is 17.6. The second-order valence-corrected chi connectivity index (χ2v) is 6.80. The van der Waals surface area contributed by atoms with Crippen molar-refractivity contribution in [1.29, 1.82) is 0 Å². The van der Waals surface area contributed by atoms with Gasteiger partial charge >= 0.3 is 0 Å². The molecule has 1 aromatic rings. The van der Waals surface area contributed by atoms with Crippen molar-refractivity contribution in [1.82, 2.24) is 15.1 Å². The lowest BCUT2D eigenvalue weighted by Gasteiger charge is -2.32. The van der Waals surface area contributed by atoms with E-state index in [0.29, 0.717) is 39.1 Å². The van der Waals surface area contributed by atoms with Gasteiger partial charge in [0.15, 0.2) is 0 Å². The molecule has 1 aromatic carbocycles. The van der Waals surface area contributed by atoms with Crippen LogP contribution in [0.15, 0.2) is 30.3 Å². The fraction of sp³-hybridized carbons (Fsp3) is 0.526. The summed E-state index contributed by atoms with van der Waals surface area (Å²) in [6.45, 7) is 2.94. The van der Waals surface area contributed by atoms with Crippen LogP contribution in [-0.2, 0) is 20.8 Å². The predicted molar refractivity (Wildman–Crippen MR) is 93.6 cm³/mol. The summed E-state index contributed by atoms with van der Waals surface area (Å²) in [6.07, 6.45) is 3.31. The SMILES string of the molecule is O=CN1CCN(C(=O)C2CC2C(=O)NCCCc2ccccc2)CC1. The second-order valence-electron chi connectivity index (χ2n) is 6.80. The summed E-state index contributed by atoms with van der Waals surface area (Å²) in [5.41, 5.74) is 1.27. The highest BCUT2D eigenvalue weighted by molar-refractivity contribution is 5.92. The van der Waals surface area contributed by atoms with E-state index in [-0.39, 0.29) is 23.7 Å². The molecule has 3 amide bonds. The maximum atomic E-state index is 12.4. The third kappa shape index (κ3) is 4.59. The van der Waals surface area contributed by atoms with E-state index in [9.17, 15) is 14.4 Å². The fourth-order valence-electron chi connectivity index (χ4n) is 3.32. The monoisotopic (exact) mass is 343 g/mol. The molecule has 0 radical (unpaired) electrons. The highest BCUT2D eigenvalue weighted by Crippen LogP contribution is 2.40. The number of amides is 3. The average Bonchev–Trinajstić information content (AvgIpc) is 3.46. The van der Waals surface area contributed by atoms with Crippen LogP contribution < -0.4 is 5.32 Å². The van der Waals surface area contributed by atoms with Crippen molar-refractivity contribution in [3.63, 3.8) is 0 Å². The third-order valence-corrected chi connectivity index (χ3v) is 5.00. The van der Waals surface area contributed by atoms with Crippen LogP contribution in [0.25, 0.3) is 0 Å². The number of carbonyl (C=O) groups is 3. The van der Waals surface area contributed by atoms with Gasteiger partial charge in [-0.2, -0.15) is 0 Å². The Kier molecular flexibility index (Phi) is 5.68. The van der Waals surface area contributed by atoms with Gasteiger partial charge in [-0.15, -0.1) is 0 Å². The van der Waals surface area contributed by atoms with Crippen LogP contribution in [0.4, 0.5) is 0 Å². The number of piperazine rings is 1. The van der Waals surface area contributed by atoms with Crippen molar-refractivity contribution in [2.24, 2.45) is 11.8 Å². The fourth-order valence-corrected chi connectivity index (χ4v) is 3.32. The van der Waals surface area contributed by atoms with Crippen LogP contribution in [0.1, 0.15) is 18.4 Å². The smallest absolute Gasteiger partial charge is 0.226 e. The zero-order valence-electron chi connectivity index (χ0n) is 14.4. The van der Waals surface area contributed by atoms with Crippen molar-refractivity contribution < 1.29 is 14.4 Å². The molecular weight excluding hydrogens is 318 g/mol. The molecule has 25 heavy (non-hydrogen) atoms. The van der Waals surface area contributed by atoms with Gasteiger partial charge < -0.3 is 15.1 Å². The van der Waals surface area contributed by atoms with E-state index in [2.05, 4.69) is 17.4 Å². The van der Waals surface area contributed by atoms with Gasteiger partial charge in [0.1, 0.15) is 0 Å². The minimum Gasteiger partial charge on any atom is -0.356 e. The first-order valence-corrected chi connectivity index (χ1v) is 8.99. The number of hydrogen-bond donors (Lipinski definition) is 1. The molecule has 6 nitrogen and oxygen atoms in total. The first kappa shape index (κ1) is 17.5. The maximum absolute atomic E-state index is 12.4. The molecule has 2 atom stereocenters. The molecule has 1 aliphatic heterocycles. The average molecular weight is 343 g/mol. The molecule has 1 aliphatic carbocycles. The lowest BCUT2D eigenvalue weighted by atomic mass is 10.1. The van der Waals surface area contributed by atoms with E-state index >= 15 is 0 Å². The van der Waals surface area contributed by atoms with E-state index in [1.54, 1.807) is 9.80 Å². The summed E-state index contributed by atoms with van der Waals surface area (Å²) in [4.78, 5) is 38.8. The zero-order valence-corrected chi connectivity index (χ0v) is 14.4. The summed E-state index contributed by atoms with van der Waals surface area (Å²) in [7, 11) is 0. The Labute approximate surface area is 148 Å². The summed E-state index contributed by atoms with van der Waals surface area (Å²) < 4.78 is 0. The van der Waals surface area contributed by atoms with Gasteiger partial charge in [0.25, 0.3) is 0 Å². The number of aryl methyl sites for hydroxylation is 1. The first-order chi connectivity index (χ1) is 12.2. The van der Waals surface area contributed by atoms with Crippen LogP contribution in [0.3, 0.4) is 0 Å². The highest BCUT2D eigenvalue weighted by Gasteiger charge is 2.49. The number of benzene rings is 1. The molecule has 2 aliphatic rings. The van der Waals surface area contributed by atoms with Gasteiger partial charge in [-0.25, -0.2) is 0 Å². The maximum Gasteiger partial charge on any atom is 0.226 e. The molecule has 1 saturated carbocycles. The van der Waals surface area contributed by atoms with E-state index in [1.807, 2.05) is 18.2 Å². The van der Waals surface area contributed by atoms with Gasteiger partial charge in [-0.1, -0.05) is 30.3 Å². The van der Waals surface area contributed by atoms with Crippen molar-refractivity contribution >= 4 is 18.2 Å². The standard InChI is InChI=1S/C19H25N3O3/c23-14-21-9-11-22(12-10-21)19(25)17-13-16(17)18(24)20-8-4-7-15-5-2-1-3-6-15/h1-3,5-6,14,16-17H,4,7-13H2,(H,20,24). The topological polar surface area (TPSA) is 69.7 Å². The Morgan fingerprint density at radius 2 is 1.80 bits per heavy atom. The molecule has 0 spiro atoms. The summed E-state index contributed by atoms with van der Waals surface area (Å²) in [5.74, 6) is -0.279. The number of nitrogens with one attached hydrogen (secondary N) is 1. The number of nitrogens with zero attached hydrogens (tertiary/aromatic N) is 2. The van der Waals surface area contributed by atoms with Gasteiger partial charge in [-0.3, -0.25) is 14.4 Å². The Morgan fingerprint density at radius 1 is 1.08 bits per heavy atom. The summed E-state index contributed by atoms with van der Waals surface area (Å²) in [6, 6.07) is 10.2. The van der Waals surface area contributed by atoms with Crippen molar-refractivity contribution in [3.05, 3.63) is 35.9 Å². The Hall–Kier alpha value is -2.37. The van der Waals surface area contributed by atoms with Crippen LogP contribution in [0, 0.1) is 11.8 Å². The largest absolute Gasteiger partial charge is 0.356 e. The van der Waals surface area contributed by atoms with Gasteiger partial charge in [0, 0.05) is 32.7 Å². The van der Waals surface area contributed by atoms with Crippen LogP contribution in [-0.4, -0.2) is 60.7 Å². The number of hydrogen-bond acceptors (Lipinski definition) is 3. The molecule has 6 heteroatoms. The molecule has 1 heterocycles. The molecule has 134 valence electrons. The second kappa shape index (κ2) is 8.14. The van der Waals surface area contributed by atoms with E-state index < -0.39 is 0 Å². The molecule has 1 saturated heterocycles. The molecule has 1 N–H and O–H groups in total. The molecule has 2 fully saturated rings. The van der Waals surface area contributed by atoms with Gasteiger partial charge in [0.05, 0.1) is 11.8 Å². The predicted octanol–water partition coefficient (Wildman–Crippen LogP) is 0.672. The van der Waals surface area contributed by atoms with Crippen molar-refractivity contribution in [2.75, 3.05) is 32.7 Å². The third-order valence-electron chi connectivity index (χ3n) is 5.00. The first-order valence-electron chi connectivity index (χ1n) is 8.99. The van der Waals surface area contributed by atoms with Crippen LogP contribution in [0.5, 0.6) is 0 Å². The molecule has 0 bridgehead atoms. The molecule has 2 unspecified atom stereocenters. The Balaban J connectivity index is 1.34. The van der Waals surface area contributed by atoms with Crippen molar-refractivity contribution in [3.8, 4) is 0 Å². The normalized spacial score (nSPS) is 22.4. The summed E-state index contributed by atoms with van der Waals surface area (Å²) >= 11 is 0. The number of rotatable bonds is 7. The quantitative estimate of drug-likeness (QED) is 0.584. The molecule has 3 rings (SSSR count). The van der Waals surface area contributed by atoms with E-state index in [1.165, 1.54) is 5.56 Å². The van der Waals surface area contributed by atoms with Crippen LogP contribution in [0.2, 0.25) is 0 Å². The summed E-state index contributed by atoms with van der Waals surface area (Å²) in [5, 5.41) is 2.95. The number of carbonyl (C=O) groups excluding carboxylic acids is 3. The highest BCUT2D eigenvalue weighted by atomic mass is 16.2. The Bertz CT molecular complexity index is 612. The molecular formula is C19H25N3O3. The lowest BCUT2D eigenvalue weighted by Crippen LogP contribution is -2.48. The van der Waals surface area contributed by atoms with E-state index in [0.717, 1.165) is 19.3 Å². The lowest BCUT2D eigenvalue weighted by molar-refractivity contribution is -0.137. The minimum absolute atomic E-state index is 0.00191.